The highest BCUT2D eigenvalue weighted by Gasteiger charge is 2.24. The topological polar surface area (TPSA) is 60.8 Å². The summed E-state index contributed by atoms with van der Waals surface area (Å²) in [6.45, 7) is 7.48. The van der Waals surface area contributed by atoms with E-state index in [2.05, 4.69) is 0 Å². The average molecular weight is 362 g/mol. The number of nitrogens with zero attached hydrogens (tertiary/aromatic N) is 1. The van der Waals surface area contributed by atoms with E-state index in [9.17, 15) is 9.90 Å². The molecule has 2 rings (SSSR count). The van der Waals surface area contributed by atoms with Crippen LogP contribution in [0.2, 0.25) is 0 Å². The Labute approximate surface area is 153 Å². The van der Waals surface area contributed by atoms with Crippen LogP contribution in [-0.4, -0.2) is 41.1 Å². The highest BCUT2D eigenvalue weighted by Crippen LogP contribution is 2.35. The number of rotatable bonds is 7. The van der Waals surface area contributed by atoms with Crippen LogP contribution >= 0.6 is 11.3 Å². The normalized spacial score (nSPS) is 11.9. The molecule has 4 nitrogen and oxygen atoms in total. The third-order valence-corrected chi connectivity index (χ3v) is 5.01. The molecule has 2 aromatic rings. The number of thiophene rings is 1. The summed E-state index contributed by atoms with van der Waals surface area (Å²) in [6.07, 6.45) is 0.678. The zero-order valence-corrected chi connectivity index (χ0v) is 16.2. The van der Waals surface area contributed by atoms with Gasteiger partial charge in [0.1, 0.15) is 5.75 Å². The maximum absolute atomic E-state index is 12.8. The first-order chi connectivity index (χ1) is 11.7. The summed E-state index contributed by atoms with van der Waals surface area (Å²) in [5, 5.41) is 21.6. The lowest BCUT2D eigenvalue weighted by molar-refractivity contribution is 0.104. The number of ketones is 1. The van der Waals surface area contributed by atoms with Crippen molar-refractivity contribution in [1.29, 1.82) is 0 Å². The average Bonchev–Trinajstić information content (AvgIpc) is 3.07. The first-order valence-corrected chi connectivity index (χ1v) is 9.36. The Balaban J connectivity index is 2.43. The van der Waals surface area contributed by atoms with Gasteiger partial charge in [0, 0.05) is 36.4 Å². The molecule has 0 unspecified atom stereocenters. The standard InChI is InChI=1S/C20H27NO3S/c1-20(2,3)16-12-14(19(24)17-7-5-10-25-17)11-15(18(16)23)13-21(4)8-6-9-22/h5,7,10-12,22-23H,6,8-9,13H2,1-4H3. The maximum atomic E-state index is 12.8. The summed E-state index contributed by atoms with van der Waals surface area (Å²) < 4.78 is 0. The van der Waals surface area contributed by atoms with Gasteiger partial charge in [0.25, 0.3) is 0 Å². The zero-order valence-electron chi connectivity index (χ0n) is 15.4. The molecule has 0 fully saturated rings. The van der Waals surface area contributed by atoms with Gasteiger partial charge in [-0.2, -0.15) is 0 Å². The van der Waals surface area contributed by atoms with Crippen LogP contribution in [0.3, 0.4) is 0 Å². The monoisotopic (exact) mass is 361 g/mol. The van der Waals surface area contributed by atoms with Crippen molar-refractivity contribution in [2.45, 2.75) is 39.2 Å². The summed E-state index contributed by atoms with van der Waals surface area (Å²) in [4.78, 5) is 15.5. The van der Waals surface area contributed by atoms with Crippen LogP contribution < -0.4 is 0 Å². The van der Waals surface area contributed by atoms with Crippen LogP contribution in [0.5, 0.6) is 5.75 Å². The minimum atomic E-state index is -0.270. The van der Waals surface area contributed by atoms with Gasteiger partial charge in [-0.3, -0.25) is 4.79 Å². The number of carbonyl (C=O) groups excluding carboxylic acids is 1. The molecule has 0 aliphatic rings. The molecule has 0 atom stereocenters. The fourth-order valence-corrected chi connectivity index (χ4v) is 3.46. The second-order valence-corrected chi connectivity index (χ2v) is 8.35. The molecule has 1 aromatic heterocycles. The predicted octanol–water partition coefficient (Wildman–Crippen LogP) is 3.80. The Morgan fingerprint density at radius 1 is 1.28 bits per heavy atom. The van der Waals surface area contributed by atoms with E-state index >= 15 is 0 Å². The molecule has 0 spiro atoms. The van der Waals surface area contributed by atoms with Crippen molar-refractivity contribution in [2.24, 2.45) is 0 Å². The van der Waals surface area contributed by atoms with E-state index in [0.717, 1.165) is 17.7 Å². The molecular formula is C20H27NO3S. The molecule has 1 aromatic carbocycles. The number of benzene rings is 1. The number of phenols is 1. The van der Waals surface area contributed by atoms with Gasteiger partial charge in [-0.15, -0.1) is 11.3 Å². The van der Waals surface area contributed by atoms with Crippen molar-refractivity contribution in [2.75, 3.05) is 20.2 Å². The third-order valence-electron chi connectivity index (χ3n) is 4.14. The van der Waals surface area contributed by atoms with Gasteiger partial charge in [0.15, 0.2) is 0 Å². The van der Waals surface area contributed by atoms with Crippen molar-refractivity contribution >= 4 is 17.1 Å². The lowest BCUT2D eigenvalue weighted by atomic mass is 9.83. The van der Waals surface area contributed by atoms with Gasteiger partial charge < -0.3 is 15.1 Å². The smallest absolute Gasteiger partial charge is 0.202 e. The molecule has 1 heterocycles. The molecule has 0 aliphatic heterocycles. The van der Waals surface area contributed by atoms with Crippen LogP contribution in [0.15, 0.2) is 29.6 Å². The molecule has 5 heteroatoms. The van der Waals surface area contributed by atoms with Crippen LogP contribution in [-0.2, 0) is 12.0 Å². The largest absolute Gasteiger partial charge is 0.507 e. The minimum Gasteiger partial charge on any atom is -0.507 e. The fraction of sp³-hybridized carbons (Fsp3) is 0.450. The number of carbonyl (C=O) groups is 1. The second kappa shape index (κ2) is 8.13. The van der Waals surface area contributed by atoms with E-state index in [0.29, 0.717) is 23.4 Å². The SMILES string of the molecule is CN(CCCO)Cc1cc(C(=O)c2cccs2)cc(C(C)(C)C)c1O. The molecule has 0 radical (unpaired) electrons. The summed E-state index contributed by atoms with van der Waals surface area (Å²) >= 11 is 1.42. The molecule has 0 amide bonds. The lowest BCUT2D eigenvalue weighted by Gasteiger charge is -2.25. The molecule has 0 aliphatic carbocycles. The van der Waals surface area contributed by atoms with Crippen LogP contribution in [0.1, 0.15) is 53.6 Å². The van der Waals surface area contributed by atoms with E-state index in [1.807, 2.05) is 56.3 Å². The second-order valence-electron chi connectivity index (χ2n) is 7.40. The van der Waals surface area contributed by atoms with E-state index in [1.54, 1.807) is 6.07 Å². The Hall–Kier alpha value is -1.69. The number of hydrogen-bond donors (Lipinski definition) is 2. The number of aliphatic hydroxyl groups excluding tert-OH is 1. The van der Waals surface area contributed by atoms with Gasteiger partial charge >= 0.3 is 0 Å². The highest BCUT2D eigenvalue weighted by atomic mass is 32.1. The highest BCUT2D eigenvalue weighted by molar-refractivity contribution is 7.12. The Morgan fingerprint density at radius 3 is 2.56 bits per heavy atom. The van der Waals surface area contributed by atoms with Crippen molar-refractivity contribution in [3.63, 3.8) is 0 Å². The van der Waals surface area contributed by atoms with Gasteiger partial charge in [-0.25, -0.2) is 0 Å². The quantitative estimate of drug-likeness (QED) is 0.737. The fourth-order valence-electron chi connectivity index (χ4n) is 2.78. The van der Waals surface area contributed by atoms with E-state index in [1.165, 1.54) is 11.3 Å². The summed E-state index contributed by atoms with van der Waals surface area (Å²) in [5.74, 6) is 0.242. The van der Waals surface area contributed by atoms with E-state index in [4.69, 9.17) is 5.11 Å². The Kier molecular flexibility index (Phi) is 6.38. The number of phenolic OH excluding ortho intramolecular Hbond substituents is 1. The van der Waals surface area contributed by atoms with E-state index in [-0.39, 0.29) is 23.6 Å². The minimum absolute atomic E-state index is 0.0141. The molecular weight excluding hydrogens is 334 g/mol. The molecule has 2 N–H and O–H groups in total. The van der Waals surface area contributed by atoms with Gasteiger partial charge in [0.2, 0.25) is 5.78 Å². The van der Waals surface area contributed by atoms with Crippen molar-refractivity contribution in [1.82, 2.24) is 4.90 Å². The van der Waals surface area contributed by atoms with Gasteiger partial charge in [-0.1, -0.05) is 26.8 Å². The molecule has 0 saturated carbocycles. The van der Waals surface area contributed by atoms with Crippen molar-refractivity contribution in [3.8, 4) is 5.75 Å². The molecule has 136 valence electrons. The predicted molar refractivity (Wildman–Crippen MR) is 103 cm³/mol. The Bertz CT molecular complexity index is 717. The number of aliphatic hydroxyl groups is 1. The van der Waals surface area contributed by atoms with Crippen molar-refractivity contribution < 1.29 is 15.0 Å². The summed E-state index contributed by atoms with van der Waals surface area (Å²) in [7, 11) is 1.94. The molecule has 0 saturated heterocycles. The molecule has 25 heavy (non-hydrogen) atoms. The Morgan fingerprint density at radius 2 is 2.00 bits per heavy atom. The number of aromatic hydroxyl groups is 1. The zero-order chi connectivity index (χ0) is 18.6. The molecule has 0 bridgehead atoms. The first kappa shape index (κ1) is 19.6. The summed E-state index contributed by atoms with van der Waals surface area (Å²) in [6, 6.07) is 7.30. The van der Waals surface area contributed by atoms with Gasteiger partial charge in [-0.05, 0) is 42.5 Å². The summed E-state index contributed by atoms with van der Waals surface area (Å²) in [5.41, 5.74) is 1.86. The third kappa shape index (κ3) is 4.91. The van der Waals surface area contributed by atoms with Gasteiger partial charge in [0.05, 0.1) is 4.88 Å². The first-order valence-electron chi connectivity index (χ1n) is 8.48. The van der Waals surface area contributed by atoms with E-state index < -0.39 is 0 Å². The lowest BCUT2D eigenvalue weighted by Crippen LogP contribution is -2.21. The van der Waals surface area contributed by atoms with Crippen molar-refractivity contribution in [3.05, 3.63) is 51.2 Å². The van der Waals surface area contributed by atoms with Crippen LogP contribution in [0, 0.1) is 0 Å². The van der Waals surface area contributed by atoms with Crippen LogP contribution in [0.25, 0.3) is 0 Å². The maximum Gasteiger partial charge on any atom is 0.202 e. The van der Waals surface area contributed by atoms with Crippen LogP contribution in [0.4, 0.5) is 0 Å². The number of hydrogen-bond acceptors (Lipinski definition) is 5.